The van der Waals surface area contributed by atoms with Gasteiger partial charge in [-0.25, -0.2) is 9.52 Å². The summed E-state index contributed by atoms with van der Waals surface area (Å²) in [7, 11) is -5.45. The molecule has 1 fully saturated rings. The summed E-state index contributed by atoms with van der Waals surface area (Å²) in [6.07, 6.45) is 10.1. The molecule has 1 saturated carbocycles. The number of anilines is 1. The Morgan fingerprint density at radius 2 is 1.67 bits per heavy atom. The Morgan fingerprint density at radius 3 is 2.27 bits per heavy atom. The number of carbonyl (C=O) groups is 1. The molecule has 4 N–H and O–H groups in total. The van der Waals surface area contributed by atoms with Gasteiger partial charge in [0.2, 0.25) is 0 Å². The first-order valence-corrected chi connectivity index (χ1v) is 13.2. The molecule has 0 atom stereocenters. The third-order valence-electron chi connectivity index (χ3n) is 7.33. The fourth-order valence-corrected chi connectivity index (χ4v) is 6.45. The van der Waals surface area contributed by atoms with Crippen molar-refractivity contribution in [3.63, 3.8) is 0 Å². The number of aryl methyl sites for hydroxylation is 2. The highest BCUT2D eigenvalue weighted by Crippen LogP contribution is 2.39. The fraction of sp³-hybridized carbons (Fsp3) is 0.545. The van der Waals surface area contributed by atoms with Gasteiger partial charge in [-0.05, 0) is 98.3 Å². The van der Waals surface area contributed by atoms with Crippen LogP contribution in [0.1, 0.15) is 66.8 Å². The first-order chi connectivity index (χ1) is 15.8. The van der Waals surface area contributed by atoms with Crippen molar-refractivity contribution < 1.29 is 23.3 Å². The molecular weight excluding hydrogens is 443 g/mol. The molecule has 1 aromatic heterocycles. The van der Waals surface area contributed by atoms with Gasteiger partial charge in [0.25, 0.3) is 10.0 Å². The number of benzene rings is 1. The predicted octanol–water partition coefficient (Wildman–Crippen LogP) is 2.33. The van der Waals surface area contributed by atoms with Crippen LogP contribution in [0.4, 0.5) is 10.5 Å². The van der Waals surface area contributed by atoms with E-state index in [4.69, 9.17) is 0 Å². The Kier molecular flexibility index (Phi) is 5.96. The summed E-state index contributed by atoms with van der Waals surface area (Å²) in [6.45, 7) is 0. The number of hydrogen-bond donors (Lipinski definition) is 4. The van der Waals surface area contributed by atoms with Gasteiger partial charge >= 0.3 is 13.1 Å². The van der Waals surface area contributed by atoms with Gasteiger partial charge in [-0.1, -0.05) is 6.07 Å². The lowest BCUT2D eigenvalue weighted by Gasteiger charge is -2.28. The number of urea groups is 1. The van der Waals surface area contributed by atoms with Crippen LogP contribution in [0.15, 0.2) is 23.4 Å². The van der Waals surface area contributed by atoms with Crippen molar-refractivity contribution in [3.05, 3.63) is 40.6 Å². The Hall–Kier alpha value is -2.37. The van der Waals surface area contributed by atoms with E-state index in [1.807, 2.05) is 0 Å². The molecule has 2 aromatic rings. The average Bonchev–Trinajstić information content (AvgIpc) is 3.53. The number of rotatable bonds is 5. The standard InChI is InChI=1S/C22H29BN4O5S/c28-22(24-21-18-5-1-3-14(18)13-15-4-2-6-19(15)21)26-33(31,32)20-11-12-27(25-20)17-9-7-16(8-10-17)23(29)30/h11-13,16-17,29-30H,1-10H2,(H2,24,26,28). The zero-order chi connectivity index (χ0) is 23.2. The van der Waals surface area contributed by atoms with Crippen LogP contribution >= 0.6 is 0 Å². The summed E-state index contributed by atoms with van der Waals surface area (Å²) in [6, 6.07) is 2.87. The maximum atomic E-state index is 12.8. The Balaban J connectivity index is 1.28. The van der Waals surface area contributed by atoms with Gasteiger partial charge in [0.05, 0.1) is 6.04 Å². The van der Waals surface area contributed by atoms with Crippen LogP contribution in [-0.2, 0) is 35.7 Å². The molecule has 1 aromatic carbocycles. The molecule has 176 valence electrons. The summed E-state index contributed by atoms with van der Waals surface area (Å²) >= 11 is 0. The monoisotopic (exact) mass is 472 g/mol. The van der Waals surface area contributed by atoms with Gasteiger partial charge in [0.1, 0.15) is 0 Å². The van der Waals surface area contributed by atoms with E-state index in [1.54, 1.807) is 10.9 Å². The summed E-state index contributed by atoms with van der Waals surface area (Å²) < 4.78 is 29.4. The zero-order valence-electron chi connectivity index (χ0n) is 18.5. The second kappa shape index (κ2) is 8.77. The molecule has 0 unspecified atom stereocenters. The van der Waals surface area contributed by atoms with E-state index in [-0.39, 0.29) is 16.9 Å². The van der Waals surface area contributed by atoms with Gasteiger partial charge in [0.15, 0.2) is 5.03 Å². The molecule has 0 radical (unpaired) electrons. The third kappa shape index (κ3) is 4.41. The van der Waals surface area contributed by atoms with Crippen LogP contribution < -0.4 is 10.0 Å². The van der Waals surface area contributed by atoms with Crippen LogP contribution in [0, 0.1) is 0 Å². The smallest absolute Gasteiger partial charge is 0.427 e. The minimum absolute atomic E-state index is 0.00716. The number of amides is 2. The summed E-state index contributed by atoms with van der Waals surface area (Å²) in [5, 5.41) is 25.5. The van der Waals surface area contributed by atoms with Crippen LogP contribution in [0.25, 0.3) is 0 Å². The maximum absolute atomic E-state index is 12.8. The molecule has 0 saturated heterocycles. The van der Waals surface area contributed by atoms with E-state index in [0.29, 0.717) is 25.7 Å². The van der Waals surface area contributed by atoms with Crippen LogP contribution in [0.2, 0.25) is 5.82 Å². The molecule has 11 heteroatoms. The van der Waals surface area contributed by atoms with E-state index in [2.05, 4.69) is 21.2 Å². The van der Waals surface area contributed by atoms with Crippen LogP contribution in [0.3, 0.4) is 0 Å². The Labute approximate surface area is 193 Å². The van der Waals surface area contributed by atoms with Gasteiger partial charge in [-0.3, -0.25) is 4.68 Å². The molecule has 5 rings (SSSR count). The van der Waals surface area contributed by atoms with E-state index < -0.39 is 23.2 Å². The maximum Gasteiger partial charge on any atom is 0.454 e. The van der Waals surface area contributed by atoms with E-state index >= 15 is 0 Å². The lowest BCUT2D eigenvalue weighted by atomic mass is 9.64. The number of aromatic nitrogens is 2. The Morgan fingerprint density at radius 1 is 1.03 bits per heavy atom. The van der Waals surface area contributed by atoms with Gasteiger partial charge in [-0.2, -0.15) is 13.5 Å². The normalized spacial score (nSPS) is 22.0. The molecule has 33 heavy (non-hydrogen) atoms. The zero-order valence-corrected chi connectivity index (χ0v) is 19.3. The van der Waals surface area contributed by atoms with Crippen molar-refractivity contribution in [3.8, 4) is 0 Å². The average molecular weight is 472 g/mol. The van der Waals surface area contributed by atoms with Crippen molar-refractivity contribution in [2.45, 2.75) is 81.1 Å². The fourth-order valence-electron chi connectivity index (χ4n) is 5.61. The van der Waals surface area contributed by atoms with Crippen molar-refractivity contribution in [1.82, 2.24) is 14.5 Å². The molecular formula is C22H29BN4O5S. The SMILES string of the molecule is O=C(Nc1c2c(cc3c1CCC3)CCC2)NS(=O)(=O)c1ccn(C2CCC(B(O)O)CC2)n1. The quantitative estimate of drug-likeness (QED) is 0.494. The number of fused-ring (bicyclic) bond motifs is 2. The summed E-state index contributed by atoms with van der Waals surface area (Å²) in [5.41, 5.74) is 5.58. The molecule has 9 nitrogen and oxygen atoms in total. The number of nitrogens with zero attached hydrogens (tertiary/aromatic N) is 2. The Bertz CT molecular complexity index is 1140. The van der Waals surface area contributed by atoms with Crippen LogP contribution in [-0.4, -0.2) is 41.4 Å². The molecule has 3 aliphatic carbocycles. The number of sulfonamides is 1. The van der Waals surface area contributed by atoms with Crippen molar-refractivity contribution in [1.29, 1.82) is 0 Å². The number of carbonyl (C=O) groups excluding carboxylic acids is 1. The van der Waals surface area contributed by atoms with E-state index in [9.17, 15) is 23.3 Å². The minimum Gasteiger partial charge on any atom is -0.427 e. The highest BCUT2D eigenvalue weighted by molar-refractivity contribution is 7.90. The van der Waals surface area contributed by atoms with Gasteiger partial charge in [0, 0.05) is 11.9 Å². The molecule has 2 amide bonds. The molecule has 0 bridgehead atoms. The van der Waals surface area contributed by atoms with Crippen molar-refractivity contribution in [2.24, 2.45) is 0 Å². The molecule has 3 aliphatic rings. The topological polar surface area (TPSA) is 134 Å². The van der Waals surface area contributed by atoms with Crippen molar-refractivity contribution >= 4 is 28.9 Å². The summed E-state index contributed by atoms with van der Waals surface area (Å²) in [5.74, 6) is -0.161. The highest BCUT2D eigenvalue weighted by Gasteiger charge is 2.31. The first kappa shape index (κ1) is 22.4. The highest BCUT2D eigenvalue weighted by atomic mass is 32.2. The largest absolute Gasteiger partial charge is 0.454 e. The molecule has 1 heterocycles. The predicted molar refractivity (Wildman–Crippen MR) is 124 cm³/mol. The lowest BCUT2D eigenvalue weighted by molar-refractivity contribution is 0.256. The minimum atomic E-state index is -4.12. The van der Waals surface area contributed by atoms with Crippen molar-refractivity contribution in [2.75, 3.05) is 5.32 Å². The lowest BCUT2D eigenvalue weighted by Crippen LogP contribution is -2.35. The summed E-state index contributed by atoms with van der Waals surface area (Å²) in [4.78, 5) is 12.7. The first-order valence-electron chi connectivity index (χ1n) is 11.7. The number of hydrogen-bond acceptors (Lipinski definition) is 6. The second-order valence-electron chi connectivity index (χ2n) is 9.41. The van der Waals surface area contributed by atoms with E-state index in [1.165, 1.54) is 17.2 Å². The van der Waals surface area contributed by atoms with Gasteiger partial charge < -0.3 is 15.4 Å². The van der Waals surface area contributed by atoms with E-state index in [0.717, 1.165) is 55.3 Å². The molecule has 0 aliphatic heterocycles. The van der Waals surface area contributed by atoms with Crippen LogP contribution in [0.5, 0.6) is 0 Å². The van der Waals surface area contributed by atoms with Gasteiger partial charge in [-0.15, -0.1) is 0 Å². The second-order valence-corrected chi connectivity index (χ2v) is 11.0. The molecule has 0 spiro atoms. The number of nitrogens with one attached hydrogen (secondary N) is 2. The third-order valence-corrected chi connectivity index (χ3v) is 8.56.